The first-order valence-electron chi connectivity index (χ1n) is 6.63. The Morgan fingerprint density at radius 1 is 1.47 bits per heavy atom. The van der Waals surface area contributed by atoms with Gasteiger partial charge in [-0.15, -0.1) is 11.3 Å². The fourth-order valence-electron chi connectivity index (χ4n) is 2.64. The molecule has 1 aliphatic rings. The Morgan fingerprint density at radius 3 is 2.68 bits per heavy atom. The largest absolute Gasteiger partial charge is 0.330 e. The zero-order chi connectivity index (χ0) is 14.2. The zero-order valence-electron chi connectivity index (χ0n) is 11.7. The lowest BCUT2D eigenvalue weighted by atomic mass is 9.88. The van der Waals surface area contributed by atoms with Gasteiger partial charge in [0.25, 0.3) is 0 Å². The topological polar surface area (TPSA) is 63.4 Å². The molecule has 1 aromatic rings. The van der Waals surface area contributed by atoms with Crippen molar-refractivity contribution in [2.45, 2.75) is 32.1 Å². The van der Waals surface area contributed by atoms with Gasteiger partial charge in [-0.05, 0) is 44.7 Å². The van der Waals surface area contributed by atoms with E-state index in [1.807, 2.05) is 13.8 Å². The van der Waals surface area contributed by atoms with Crippen LogP contribution in [-0.4, -0.2) is 32.4 Å². The molecule has 2 unspecified atom stereocenters. The summed E-state index contributed by atoms with van der Waals surface area (Å²) in [5.41, 5.74) is 5.75. The van der Waals surface area contributed by atoms with Crippen molar-refractivity contribution in [2.75, 3.05) is 19.6 Å². The number of sulfonamides is 1. The maximum Gasteiger partial charge on any atom is 0.244 e. The first-order valence-corrected chi connectivity index (χ1v) is 8.89. The van der Waals surface area contributed by atoms with Crippen molar-refractivity contribution in [1.82, 2.24) is 4.31 Å². The Labute approximate surface area is 119 Å². The van der Waals surface area contributed by atoms with E-state index in [-0.39, 0.29) is 5.92 Å². The molecule has 0 bridgehead atoms. The average molecular weight is 302 g/mol. The number of hydrogen-bond acceptors (Lipinski definition) is 4. The molecule has 1 fully saturated rings. The van der Waals surface area contributed by atoms with Crippen LogP contribution in [0.3, 0.4) is 0 Å². The lowest BCUT2D eigenvalue weighted by molar-refractivity contribution is 0.203. The van der Waals surface area contributed by atoms with Crippen LogP contribution in [0.4, 0.5) is 0 Å². The molecule has 2 N–H and O–H groups in total. The molecule has 0 spiro atoms. The minimum absolute atomic E-state index is 0.267. The molecule has 0 amide bonds. The van der Waals surface area contributed by atoms with Crippen LogP contribution in [0, 0.1) is 25.7 Å². The molecular formula is C13H22N2O2S2. The van der Waals surface area contributed by atoms with Gasteiger partial charge in [0.2, 0.25) is 10.0 Å². The molecule has 1 saturated heterocycles. The third-order valence-corrected chi connectivity index (χ3v) is 7.08. The molecule has 1 aliphatic heterocycles. The van der Waals surface area contributed by atoms with Crippen molar-refractivity contribution in [3.63, 3.8) is 0 Å². The van der Waals surface area contributed by atoms with E-state index in [1.54, 1.807) is 10.4 Å². The number of thiophene rings is 1. The molecule has 0 aliphatic carbocycles. The Hall–Kier alpha value is -0.430. The molecule has 0 saturated carbocycles. The van der Waals surface area contributed by atoms with Gasteiger partial charge in [-0.1, -0.05) is 6.92 Å². The fraction of sp³-hybridized carbons (Fsp3) is 0.692. The summed E-state index contributed by atoms with van der Waals surface area (Å²) in [6.45, 7) is 7.67. The molecule has 0 radical (unpaired) electrons. The highest BCUT2D eigenvalue weighted by Crippen LogP contribution is 2.31. The lowest BCUT2D eigenvalue weighted by Crippen LogP contribution is -2.45. The van der Waals surface area contributed by atoms with E-state index in [0.717, 1.165) is 16.2 Å². The van der Waals surface area contributed by atoms with Crippen LogP contribution in [0.2, 0.25) is 0 Å². The van der Waals surface area contributed by atoms with E-state index in [1.165, 1.54) is 11.3 Å². The highest BCUT2D eigenvalue weighted by Gasteiger charge is 2.34. The van der Waals surface area contributed by atoms with Crippen molar-refractivity contribution >= 4 is 21.4 Å². The smallest absolute Gasteiger partial charge is 0.244 e. The number of piperidine rings is 1. The van der Waals surface area contributed by atoms with E-state index in [2.05, 4.69) is 6.92 Å². The second-order valence-corrected chi connectivity index (χ2v) is 8.77. The van der Waals surface area contributed by atoms with Crippen molar-refractivity contribution in [3.05, 3.63) is 15.8 Å². The predicted molar refractivity (Wildman–Crippen MR) is 78.9 cm³/mol. The number of aryl methyl sites for hydroxylation is 2. The van der Waals surface area contributed by atoms with E-state index in [9.17, 15) is 8.42 Å². The third kappa shape index (κ3) is 2.86. The molecule has 2 rings (SSSR count). The second kappa shape index (κ2) is 5.52. The van der Waals surface area contributed by atoms with Crippen LogP contribution < -0.4 is 5.73 Å². The van der Waals surface area contributed by atoms with Crippen LogP contribution in [0.1, 0.15) is 23.1 Å². The van der Waals surface area contributed by atoms with Gasteiger partial charge in [0, 0.05) is 22.8 Å². The summed E-state index contributed by atoms with van der Waals surface area (Å²) in [6.07, 6.45) is 0.892. The van der Waals surface area contributed by atoms with Crippen molar-refractivity contribution in [2.24, 2.45) is 17.6 Å². The lowest BCUT2D eigenvalue weighted by Gasteiger charge is -2.35. The van der Waals surface area contributed by atoms with Gasteiger partial charge in [-0.2, -0.15) is 4.31 Å². The third-order valence-electron chi connectivity index (χ3n) is 3.99. The van der Waals surface area contributed by atoms with Crippen LogP contribution in [0.25, 0.3) is 0 Å². The summed E-state index contributed by atoms with van der Waals surface area (Å²) in [5, 5.41) is 0. The molecular weight excluding hydrogens is 280 g/mol. The van der Waals surface area contributed by atoms with E-state index in [4.69, 9.17) is 5.73 Å². The maximum absolute atomic E-state index is 12.7. The maximum atomic E-state index is 12.7. The summed E-state index contributed by atoms with van der Waals surface area (Å²) in [6, 6.07) is 1.78. The number of hydrogen-bond donors (Lipinski definition) is 1. The van der Waals surface area contributed by atoms with Gasteiger partial charge in [0.1, 0.15) is 0 Å². The van der Waals surface area contributed by atoms with Gasteiger partial charge in [0.05, 0.1) is 4.90 Å². The van der Waals surface area contributed by atoms with Gasteiger partial charge in [-0.3, -0.25) is 0 Å². The van der Waals surface area contributed by atoms with E-state index < -0.39 is 10.0 Å². The van der Waals surface area contributed by atoms with Crippen LogP contribution in [-0.2, 0) is 10.0 Å². The first kappa shape index (κ1) is 15.0. The standard InChI is InChI=1S/C13H22N2O2S2/c1-9-4-5-15(8-12(9)7-14)19(16,17)13-6-10(2)18-11(13)3/h6,9,12H,4-5,7-8,14H2,1-3H3. The molecule has 2 heterocycles. The molecule has 2 atom stereocenters. The van der Waals surface area contributed by atoms with Crippen LogP contribution in [0.15, 0.2) is 11.0 Å². The van der Waals surface area contributed by atoms with Crippen molar-refractivity contribution in [3.8, 4) is 0 Å². The van der Waals surface area contributed by atoms with Gasteiger partial charge in [-0.25, -0.2) is 8.42 Å². The Morgan fingerprint density at radius 2 is 2.16 bits per heavy atom. The molecule has 6 heteroatoms. The normalized spacial score (nSPS) is 25.7. The van der Waals surface area contributed by atoms with Crippen LogP contribution >= 0.6 is 11.3 Å². The quantitative estimate of drug-likeness (QED) is 0.928. The zero-order valence-corrected chi connectivity index (χ0v) is 13.4. The average Bonchev–Trinajstić information content (AvgIpc) is 2.69. The Bertz CT molecular complexity index is 551. The van der Waals surface area contributed by atoms with Gasteiger partial charge >= 0.3 is 0 Å². The number of nitrogens with two attached hydrogens (primary N) is 1. The van der Waals surface area contributed by atoms with Gasteiger partial charge < -0.3 is 5.73 Å². The monoisotopic (exact) mass is 302 g/mol. The molecule has 4 nitrogen and oxygen atoms in total. The fourth-order valence-corrected chi connectivity index (χ4v) is 5.68. The minimum Gasteiger partial charge on any atom is -0.330 e. The van der Waals surface area contributed by atoms with Crippen molar-refractivity contribution in [1.29, 1.82) is 0 Å². The highest BCUT2D eigenvalue weighted by atomic mass is 32.2. The predicted octanol–water partition coefficient (Wildman–Crippen LogP) is 1.97. The summed E-state index contributed by atoms with van der Waals surface area (Å²) in [7, 11) is -3.35. The number of rotatable bonds is 3. The SMILES string of the molecule is Cc1cc(S(=O)(=O)N2CCC(C)C(CN)C2)c(C)s1. The summed E-state index contributed by atoms with van der Waals surface area (Å²) < 4.78 is 27.0. The molecule has 0 aromatic carbocycles. The van der Waals surface area contributed by atoms with Crippen molar-refractivity contribution < 1.29 is 8.42 Å². The Balaban J connectivity index is 2.28. The second-order valence-electron chi connectivity index (χ2n) is 5.40. The highest BCUT2D eigenvalue weighted by molar-refractivity contribution is 7.89. The molecule has 19 heavy (non-hydrogen) atoms. The van der Waals surface area contributed by atoms with E-state index >= 15 is 0 Å². The summed E-state index contributed by atoms with van der Waals surface area (Å²) in [4.78, 5) is 2.39. The van der Waals surface area contributed by atoms with Gasteiger partial charge in [0.15, 0.2) is 0 Å². The first-order chi connectivity index (χ1) is 8.86. The molecule has 1 aromatic heterocycles. The number of nitrogens with zero attached hydrogens (tertiary/aromatic N) is 1. The molecule has 108 valence electrons. The van der Waals surface area contributed by atoms with E-state index in [0.29, 0.717) is 30.4 Å². The Kier molecular flexibility index (Phi) is 4.35. The summed E-state index contributed by atoms with van der Waals surface area (Å²) >= 11 is 1.54. The summed E-state index contributed by atoms with van der Waals surface area (Å²) in [5.74, 6) is 0.769. The minimum atomic E-state index is -3.35. The van der Waals surface area contributed by atoms with Crippen LogP contribution in [0.5, 0.6) is 0 Å².